The standard InChI is InChI=1S/C25H32Cl2N2O2S/c1-5-18(4)28-25(31)23(6-2)29(14-19-9-7-8-17(3)12-19)24(30)16-32-15-20-10-11-21(26)22(27)13-20/h7-13,18,23H,5-6,14-16H2,1-4H3,(H,28,31)/t18-,23+/m0/s1. The molecule has 7 heteroatoms. The molecule has 0 heterocycles. The molecule has 0 saturated carbocycles. The van der Waals surface area contributed by atoms with Crippen LogP contribution in [0.25, 0.3) is 0 Å². The molecule has 2 aromatic carbocycles. The smallest absolute Gasteiger partial charge is 0.243 e. The number of carbonyl (C=O) groups excluding carboxylic acids is 2. The van der Waals surface area contributed by atoms with Crippen LogP contribution in [0, 0.1) is 6.92 Å². The molecule has 0 aliphatic heterocycles. The van der Waals surface area contributed by atoms with Crippen LogP contribution in [0.4, 0.5) is 0 Å². The fourth-order valence-corrected chi connectivity index (χ4v) is 4.51. The predicted molar refractivity (Wildman–Crippen MR) is 136 cm³/mol. The molecule has 2 rings (SSSR count). The number of carbonyl (C=O) groups is 2. The van der Waals surface area contributed by atoms with E-state index in [1.54, 1.807) is 11.0 Å². The summed E-state index contributed by atoms with van der Waals surface area (Å²) in [5.74, 6) is 0.760. The third kappa shape index (κ3) is 8.02. The highest BCUT2D eigenvalue weighted by Crippen LogP contribution is 2.25. The van der Waals surface area contributed by atoms with Crippen molar-refractivity contribution in [3.8, 4) is 0 Å². The van der Waals surface area contributed by atoms with Crippen molar-refractivity contribution in [2.45, 2.75) is 64.9 Å². The van der Waals surface area contributed by atoms with Gasteiger partial charge in [0, 0.05) is 18.3 Å². The monoisotopic (exact) mass is 494 g/mol. The average molecular weight is 496 g/mol. The van der Waals surface area contributed by atoms with Crippen molar-refractivity contribution >= 4 is 46.8 Å². The largest absolute Gasteiger partial charge is 0.352 e. The molecule has 32 heavy (non-hydrogen) atoms. The number of nitrogens with zero attached hydrogens (tertiary/aromatic N) is 1. The van der Waals surface area contributed by atoms with E-state index in [1.165, 1.54) is 11.8 Å². The van der Waals surface area contributed by atoms with E-state index in [4.69, 9.17) is 23.2 Å². The van der Waals surface area contributed by atoms with Crippen LogP contribution in [0.1, 0.15) is 50.3 Å². The first-order valence-electron chi connectivity index (χ1n) is 10.9. The van der Waals surface area contributed by atoms with E-state index in [9.17, 15) is 9.59 Å². The topological polar surface area (TPSA) is 49.4 Å². The summed E-state index contributed by atoms with van der Waals surface area (Å²) in [7, 11) is 0. The minimum atomic E-state index is -0.511. The molecule has 0 aliphatic rings. The Labute approximate surface area is 206 Å². The van der Waals surface area contributed by atoms with Gasteiger partial charge in [-0.3, -0.25) is 9.59 Å². The Hall–Kier alpha value is -1.69. The summed E-state index contributed by atoms with van der Waals surface area (Å²) in [4.78, 5) is 28.0. The molecular weight excluding hydrogens is 463 g/mol. The van der Waals surface area contributed by atoms with Gasteiger partial charge < -0.3 is 10.2 Å². The van der Waals surface area contributed by atoms with Crippen molar-refractivity contribution in [3.05, 3.63) is 69.2 Å². The summed E-state index contributed by atoms with van der Waals surface area (Å²) >= 11 is 13.6. The summed E-state index contributed by atoms with van der Waals surface area (Å²) in [6.45, 7) is 8.38. The molecule has 0 aliphatic carbocycles. The molecule has 0 aromatic heterocycles. The molecule has 0 radical (unpaired) electrons. The lowest BCUT2D eigenvalue weighted by atomic mass is 10.1. The van der Waals surface area contributed by atoms with E-state index in [0.29, 0.717) is 28.8 Å². The maximum absolute atomic E-state index is 13.3. The first kappa shape index (κ1) is 26.6. The number of aryl methyl sites for hydroxylation is 1. The fraction of sp³-hybridized carbons (Fsp3) is 0.440. The minimum Gasteiger partial charge on any atom is -0.352 e. The Bertz CT molecular complexity index is 923. The van der Waals surface area contributed by atoms with Gasteiger partial charge in [0.2, 0.25) is 11.8 Å². The van der Waals surface area contributed by atoms with Crippen molar-refractivity contribution in [1.82, 2.24) is 10.2 Å². The molecule has 0 fully saturated rings. The summed E-state index contributed by atoms with van der Waals surface area (Å²) in [5.41, 5.74) is 3.15. The van der Waals surface area contributed by atoms with E-state index in [2.05, 4.69) is 11.4 Å². The van der Waals surface area contributed by atoms with Gasteiger partial charge in [-0.1, -0.05) is 72.9 Å². The van der Waals surface area contributed by atoms with E-state index in [-0.39, 0.29) is 23.6 Å². The van der Waals surface area contributed by atoms with Gasteiger partial charge in [0.25, 0.3) is 0 Å². The van der Waals surface area contributed by atoms with Gasteiger partial charge in [0.15, 0.2) is 0 Å². The quantitative estimate of drug-likeness (QED) is 0.401. The van der Waals surface area contributed by atoms with Crippen molar-refractivity contribution < 1.29 is 9.59 Å². The summed E-state index contributed by atoms with van der Waals surface area (Å²) in [5, 5.41) is 4.06. The van der Waals surface area contributed by atoms with Gasteiger partial charge in [-0.25, -0.2) is 0 Å². The predicted octanol–water partition coefficient (Wildman–Crippen LogP) is 6.26. The number of amides is 2. The van der Waals surface area contributed by atoms with Gasteiger partial charge in [-0.05, 0) is 49.9 Å². The van der Waals surface area contributed by atoms with Crippen molar-refractivity contribution in [3.63, 3.8) is 0 Å². The van der Waals surface area contributed by atoms with Crippen LogP contribution in [0.5, 0.6) is 0 Å². The van der Waals surface area contributed by atoms with Gasteiger partial charge in [-0.2, -0.15) is 0 Å². The van der Waals surface area contributed by atoms with Crippen molar-refractivity contribution in [2.24, 2.45) is 0 Å². The van der Waals surface area contributed by atoms with Gasteiger partial charge >= 0.3 is 0 Å². The zero-order valence-corrected chi connectivity index (χ0v) is 21.5. The minimum absolute atomic E-state index is 0.0530. The maximum atomic E-state index is 13.3. The van der Waals surface area contributed by atoms with Crippen molar-refractivity contribution in [1.29, 1.82) is 0 Å². The third-order valence-electron chi connectivity index (χ3n) is 5.30. The van der Waals surface area contributed by atoms with Crippen LogP contribution < -0.4 is 5.32 Å². The fourth-order valence-electron chi connectivity index (χ4n) is 3.34. The summed E-state index contributed by atoms with van der Waals surface area (Å²) in [6, 6.07) is 13.1. The molecule has 2 amide bonds. The molecule has 0 saturated heterocycles. The SMILES string of the molecule is CC[C@H](C(=O)N[C@@H](C)CC)N(Cc1cccc(C)c1)C(=O)CSCc1ccc(Cl)c(Cl)c1. The van der Waals surface area contributed by atoms with Gasteiger partial charge in [-0.15, -0.1) is 11.8 Å². The molecule has 1 N–H and O–H groups in total. The van der Waals surface area contributed by atoms with Crippen LogP contribution in [0.3, 0.4) is 0 Å². The maximum Gasteiger partial charge on any atom is 0.243 e. The third-order valence-corrected chi connectivity index (χ3v) is 7.03. The number of thioether (sulfide) groups is 1. The van der Waals surface area contributed by atoms with Crippen molar-refractivity contribution in [2.75, 3.05) is 5.75 Å². The Morgan fingerprint density at radius 2 is 1.78 bits per heavy atom. The molecule has 2 aromatic rings. The number of hydrogen-bond acceptors (Lipinski definition) is 3. The highest BCUT2D eigenvalue weighted by Gasteiger charge is 2.29. The number of benzene rings is 2. The summed E-state index contributed by atoms with van der Waals surface area (Å²) in [6.07, 6.45) is 1.39. The Balaban J connectivity index is 2.14. The summed E-state index contributed by atoms with van der Waals surface area (Å²) < 4.78 is 0. The zero-order valence-electron chi connectivity index (χ0n) is 19.2. The zero-order chi connectivity index (χ0) is 23.7. The van der Waals surface area contributed by atoms with Crippen LogP contribution in [0.2, 0.25) is 10.0 Å². The Kier molecular flexibility index (Phi) is 10.9. The van der Waals surface area contributed by atoms with E-state index in [0.717, 1.165) is 23.1 Å². The Morgan fingerprint density at radius 1 is 1.03 bits per heavy atom. The average Bonchev–Trinajstić information content (AvgIpc) is 2.75. The second-order valence-corrected chi connectivity index (χ2v) is 9.79. The molecule has 2 atom stereocenters. The van der Waals surface area contributed by atoms with Crippen LogP contribution in [0.15, 0.2) is 42.5 Å². The van der Waals surface area contributed by atoms with Crippen LogP contribution >= 0.6 is 35.0 Å². The van der Waals surface area contributed by atoms with Gasteiger partial charge in [0.05, 0.1) is 15.8 Å². The number of hydrogen-bond donors (Lipinski definition) is 1. The second-order valence-electron chi connectivity index (χ2n) is 7.99. The highest BCUT2D eigenvalue weighted by atomic mass is 35.5. The molecule has 0 spiro atoms. The molecule has 4 nitrogen and oxygen atoms in total. The molecule has 0 bridgehead atoms. The molecular formula is C25H32Cl2N2O2S. The van der Waals surface area contributed by atoms with E-state index in [1.807, 2.05) is 58.0 Å². The number of nitrogens with one attached hydrogen (secondary N) is 1. The van der Waals surface area contributed by atoms with E-state index < -0.39 is 6.04 Å². The van der Waals surface area contributed by atoms with Crippen LogP contribution in [-0.2, 0) is 21.9 Å². The van der Waals surface area contributed by atoms with Gasteiger partial charge in [0.1, 0.15) is 6.04 Å². The second kappa shape index (κ2) is 13.1. The molecule has 0 unspecified atom stereocenters. The van der Waals surface area contributed by atoms with Crippen LogP contribution in [-0.4, -0.2) is 34.6 Å². The normalized spacial score (nSPS) is 12.8. The first-order valence-corrected chi connectivity index (χ1v) is 12.8. The Morgan fingerprint density at radius 3 is 2.41 bits per heavy atom. The lowest BCUT2D eigenvalue weighted by Crippen LogP contribution is -2.51. The highest BCUT2D eigenvalue weighted by molar-refractivity contribution is 7.99. The lowest BCUT2D eigenvalue weighted by Gasteiger charge is -2.31. The van der Waals surface area contributed by atoms with E-state index >= 15 is 0 Å². The molecule has 174 valence electrons. The lowest BCUT2D eigenvalue weighted by molar-refractivity contribution is -0.139. The first-order chi connectivity index (χ1) is 15.2. The number of halogens is 2. The number of rotatable bonds is 11.